The summed E-state index contributed by atoms with van der Waals surface area (Å²) in [7, 11) is 1.65. The van der Waals surface area contributed by atoms with Crippen LogP contribution in [0, 0.1) is 6.92 Å². The summed E-state index contributed by atoms with van der Waals surface area (Å²) in [4.78, 5) is 12.6. The summed E-state index contributed by atoms with van der Waals surface area (Å²) in [5.41, 5.74) is 1.56. The third kappa shape index (κ3) is 3.90. The Bertz CT molecular complexity index is 942. The van der Waals surface area contributed by atoms with Gasteiger partial charge >= 0.3 is 6.10 Å². The van der Waals surface area contributed by atoms with Crippen molar-refractivity contribution in [3.8, 4) is 0 Å². The van der Waals surface area contributed by atoms with Crippen LogP contribution in [0.15, 0.2) is 39.2 Å². The second-order valence-corrected chi connectivity index (χ2v) is 8.18. The molecule has 0 radical (unpaired) electrons. The maximum absolute atomic E-state index is 12.4. The maximum atomic E-state index is 12.4. The van der Waals surface area contributed by atoms with E-state index in [0.717, 1.165) is 22.9 Å². The van der Waals surface area contributed by atoms with Crippen molar-refractivity contribution < 1.29 is 15.3 Å². The molecule has 1 aromatic carbocycles. The molecule has 1 aliphatic heterocycles. The third-order valence-corrected chi connectivity index (χ3v) is 6.11. The second kappa shape index (κ2) is 7.22. The number of hydrogen-bond donors (Lipinski definition) is 3. The highest BCUT2D eigenvalue weighted by molar-refractivity contribution is 8.38. The zero-order valence-corrected chi connectivity index (χ0v) is 16.1. The van der Waals surface area contributed by atoms with Gasteiger partial charge in [0.25, 0.3) is 5.56 Å². The highest BCUT2D eigenvalue weighted by atomic mass is 35.5. The average molecular weight is 415 g/mol. The quantitative estimate of drug-likeness (QED) is 0.648. The number of nitrogens with zero attached hydrogens (tertiary/aromatic N) is 4. The Morgan fingerprint density at radius 2 is 2.08 bits per heavy atom. The van der Waals surface area contributed by atoms with Gasteiger partial charge in [0.15, 0.2) is 4.38 Å². The van der Waals surface area contributed by atoms with Crippen molar-refractivity contribution in [2.75, 3.05) is 12.1 Å². The summed E-state index contributed by atoms with van der Waals surface area (Å²) in [6.45, 7) is 1.96. The first-order valence-corrected chi connectivity index (χ1v) is 9.53. The highest BCUT2D eigenvalue weighted by Gasteiger charge is 2.30. The molecule has 1 aliphatic rings. The van der Waals surface area contributed by atoms with Gasteiger partial charge in [0, 0.05) is 17.8 Å². The molecule has 11 heteroatoms. The first-order valence-electron chi connectivity index (χ1n) is 7.35. The number of anilines is 1. The molecule has 0 saturated heterocycles. The van der Waals surface area contributed by atoms with E-state index >= 15 is 0 Å². The number of fused-ring (bicyclic) bond motifs is 1. The van der Waals surface area contributed by atoms with Gasteiger partial charge in [-0.05, 0) is 24.1 Å². The van der Waals surface area contributed by atoms with Crippen molar-refractivity contribution in [1.29, 1.82) is 0 Å². The number of halogens is 1. The second-order valence-electron chi connectivity index (χ2n) is 5.55. The lowest BCUT2D eigenvalue weighted by Crippen LogP contribution is -2.43. The number of aryl methyl sites for hydroxylation is 1. The minimum Gasteiger partial charge on any atom is -0.324 e. The lowest BCUT2D eigenvalue weighted by Gasteiger charge is -2.24. The number of benzene rings is 1. The summed E-state index contributed by atoms with van der Waals surface area (Å²) in [6.07, 6.45) is -2.15. The minimum atomic E-state index is -3.37. The standard InChI is InChI=1S/C15H15ClN4O4S2/c1-8-3-4-9(10(16)5-8)7-25-14-18-19(2)11-6-17-20(15(22,23)24)13(21)12(11)26-14/h3-6,22-24H,7H2,1-2H3. The largest absolute Gasteiger partial charge is 0.392 e. The van der Waals surface area contributed by atoms with E-state index in [0.29, 0.717) is 20.8 Å². The highest BCUT2D eigenvalue weighted by Crippen LogP contribution is 2.37. The Morgan fingerprint density at radius 3 is 2.73 bits per heavy atom. The average Bonchev–Trinajstić information content (AvgIpc) is 2.54. The molecule has 0 unspecified atom stereocenters. The molecule has 138 valence electrons. The van der Waals surface area contributed by atoms with Crippen molar-refractivity contribution in [3.05, 3.63) is 50.9 Å². The van der Waals surface area contributed by atoms with E-state index in [1.807, 2.05) is 25.1 Å². The summed E-state index contributed by atoms with van der Waals surface area (Å²) in [5, 5.41) is 37.8. The Morgan fingerprint density at radius 1 is 1.35 bits per heavy atom. The topological polar surface area (TPSA) is 111 Å². The lowest BCUT2D eigenvalue weighted by molar-refractivity contribution is -0.383. The fourth-order valence-corrected chi connectivity index (χ4v) is 4.78. The van der Waals surface area contributed by atoms with Crippen molar-refractivity contribution in [3.63, 3.8) is 0 Å². The molecule has 3 rings (SSSR count). The van der Waals surface area contributed by atoms with Gasteiger partial charge in [0.05, 0.1) is 11.9 Å². The van der Waals surface area contributed by atoms with Crippen LogP contribution in [0.3, 0.4) is 0 Å². The molecule has 0 bridgehead atoms. The molecule has 0 fully saturated rings. The molecule has 2 aromatic rings. The van der Waals surface area contributed by atoms with E-state index in [9.17, 15) is 20.1 Å². The zero-order valence-electron chi connectivity index (χ0n) is 13.7. The molecular weight excluding hydrogens is 400 g/mol. The van der Waals surface area contributed by atoms with Gasteiger partial charge in [-0.1, -0.05) is 47.3 Å². The molecule has 8 nitrogen and oxygen atoms in total. The Kier molecular flexibility index (Phi) is 5.33. The lowest BCUT2D eigenvalue weighted by atomic mass is 10.2. The van der Waals surface area contributed by atoms with Crippen molar-refractivity contribution in [2.24, 2.45) is 5.10 Å². The first kappa shape index (κ1) is 19.2. The fraction of sp³-hybridized carbons (Fsp3) is 0.267. The van der Waals surface area contributed by atoms with Gasteiger partial charge in [-0.25, -0.2) is 0 Å². The molecular formula is C15H15ClN4O4S2. The number of thioether (sulfide) groups is 2. The van der Waals surface area contributed by atoms with Crippen LogP contribution in [0.5, 0.6) is 0 Å². The number of aromatic nitrogens is 2. The van der Waals surface area contributed by atoms with Gasteiger partial charge in [0.1, 0.15) is 4.90 Å². The molecule has 26 heavy (non-hydrogen) atoms. The van der Waals surface area contributed by atoms with Crippen molar-refractivity contribution in [1.82, 2.24) is 9.78 Å². The molecule has 0 atom stereocenters. The molecule has 1 aromatic heterocycles. The predicted octanol–water partition coefficient (Wildman–Crippen LogP) is 1.50. The van der Waals surface area contributed by atoms with Crippen LogP contribution in [0.4, 0.5) is 5.69 Å². The van der Waals surface area contributed by atoms with E-state index in [4.69, 9.17) is 11.6 Å². The number of rotatable bonds is 3. The monoisotopic (exact) mass is 414 g/mol. The first-order chi connectivity index (χ1) is 12.2. The van der Waals surface area contributed by atoms with E-state index in [-0.39, 0.29) is 9.58 Å². The van der Waals surface area contributed by atoms with Crippen LogP contribution >= 0.6 is 35.1 Å². The minimum absolute atomic E-state index is 0.177. The smallest absolute Gasteiger partial charge is 0.324 e. The van der Waals surface area contributed by atoms with Crippen LogP contribution < -0.4 is 10.6 Å². The SMILES string of the molecule is Cc1ccc(CSC2=NN(C)c3cnn(C(O)(O)O)c(=O)c3S2)c(Cl)c1. The number of aliphatic hydroxyl groups is 3. The van der Waals surface area contributed by atoms with E-state index in [1.54, 1.807) is 7.05 Å². The van der Waals surface area contributed by atoms with Gasteiger partial charge in [-0.3, -0.25) is 9.80 Å². The maximum Gasteiger partial charge on any atom is 0.392 e. The van der Waals surface area contributed by atoms with Crippen LogP contribution in [0.1, 0.15) is 11.1 Å². The Hall–Kier alpha value is -1.56. The van der Waals surface area contributed by atoms with Gasteiger partial charge < -0.3 is 15.3 Å². The summed E-state index contributed by atoms with van der Waals surface area (Å²) >= 11 is 8.70. The fourth-order valence-electron chi connectivity index (χ4n) is 2.22. The summed E-state index contributed by atoms with van der Waals surface area (Å²) < 4.78 is 0.767. The predicted molar refractivity (Wildman–Crippen MR) is 102 cm³/mol. The van der Waals surface area contributed by atoms with Crippen LogP contribution in [0.25, 0.3) is 0 Å². The van der Waals surface area contributed by atoms with E-state index < -0.39 is 11.7 Å². The number of hydrogen-bond acceptors (Lipinski definition) is 9. The van der Waals surface area contributed by atoms with Gasteiger partial charge in [0.2, 0.25) is 0 Å². The van der Waals surface area contributed by atoms with Crippen LogP contribution in [0.2, 0.25) is 5.02 Å². The third-order valence-electron chi connectivity index (χ3n) is 3.53. The number of hydrazone groups is 1. The molecule has 0 amide bonds. The van der Waals surface area contributed by atoms with Crippen LogP contribution in [-0.4, -0.2) is 36.5 Å². The molecule has 3 N–H and O–H groups in total. The Labute approximate surface area is 162 Å². The van der Waals surface area contributed by atoms with Crippen LogP contribution in [-0.2, 0) is 11.8 Å². The molecule has 0 aliphatic carbocycles. The molecule has 2 heterocycles. The van der Waals surface area contributed by atoms with Crippen molar-refractivity contribution in [2.45, 2.75) is 23.7 Å². The molecule has 0 spiro atoms. The summed E-state index contributed by atoms with van der Waals surface area (Å²) in [6, 6.07) is 5.78. The summed E-state index contributed by atoms with van der Waals surface area (Å²) in [5.74, 6) is 0.553. The zero-order chi connectivity index (χ0) is 19.1. The van der Waals surface area contributed by atoms with Gasteiger partial charge in [-0.2, -0.15) is 10.2 Å². The Balaban J connectivity index is 1.84. The molecule has 0 saturated carbocycles. The normalized spacial score (nSPS) is 14.2. The van der Waals surface area contributed by atoms with E-state index in [1.165, 1.54) is 23.0 Å². The van der Waals surface area contributed by atoms with Gasteiger partial charge in [-0.15, -0.1) is 4.68 Å². The van der Waals surface area contributed by atoms with Crippen molar-refractivity contribution >= 4 is 45.2 Å². The van der Waals surface area contributed by atoms with E-state index in [2.05, 4.69) is 10.2 Å².